The Morgan fingerprint density at radius 3 is 2.47 bits per heavy atom. The van der Waals surface area contributed by atoms with Crippen LogP contribution in [-0.2, 0) is 16.0 Å². The Balaban J connectivity index is 1.48. The van der Waals surface area contributed by atoms with E-state index in [9.17, 15) is 9.59 Å². The van der Waals surface area contributed by atoms with E-state index in [-0.39, 0.29) is 17.9 Å². The molecule has 2 atom stereocenters. The fourth-order valence-electron chi connectivity index (χ4n) is 5.06. The van der Waals surface area contributed by atoms with E-state index in [4.69, 9.17) is 14.2 Å². The number of ether oxygens (including phenoxy) is 3. The van der Waals surface area contributed by atoms with E-state index >= 15 is 0 Å². The summed E-state index contributed by atoms with van der Waals surface area (Å²) in [7, 11) is 3.24. The molecule has 3 aromatic rings. The minimum Gasteiger partial charge on any atom is -0.493 e. The highest BCUT2D eigenvalue weighted by atomic mass is 16.5. The van der Waals surface area contributed by atoms with Crippen LogP contribution in [0.2, 0.25) is 0 Å². The SMILES string of the molecule is COc1cc2c(cc1OC)C(c1ccccc1)N(C(=O)c1cccc(NC(=O)C3CCCO3)c1)CC2. The average molecular weight is 487 g/mol. The molecule has 2 amide bonds. The highest BCUT2D eigenvalue weighted by Gasteiger charge is 2.34. The molecule has 3 aromatic carbocycles. The summed E-state index contributed by atoms with van der Waals surface area (Å²) in [5.74, 6) is 1.03. The summed E-state index contributed by atoms with van der Waals surface area (Å²) in [6.45, 7) is 1.15. The van der Waals surface area contributed by atoms with E-state index in [0.29, 0.717) is 48.7 Å². The first-order valence-corrected chi connectivity index (χ1v) is 12.2. The number of fused-ring (bicyclic) bond motifs is 1. The summed E-state index contributed by atoms with van der Waals surface area (Å²) < 4.78 is 16.6. The Bertz CT molecular complexity index is 1250. The van der Waals surface area contributed by atoms with Crippen LogP contribution in [0.3, 0.4) is 0 Å². The predicted octanol–water partition coefficient (Wildman–Crippen LogP) is 4.61. The van der Waals surface area contributed by atoms with Crippen LogP contribution in [0.25, 0.3) is 0 Å². The van der Waals surface area contributed by atoms with Gasteiger partial charge in [-0.3, -0.25) is 9.59 Å². The van der Waals surface area contributed by atoms with Gasteiger partial charge in [0.05, 0.1) is 20.3 Å². The molecule has 0 radical (unpaired) electrons. The molecule has 0 bridgehead atoms. The second-order valence-electron chi connectivity index (χ2n) is 9.04. The highest BCUT2D eigenvalue weighted by molar-refractivity contribution is 5.98. The standard InChI is InChI=1S/C29H30N2O5/c1-34-25-17-20-13-14-31(27(19-8-4-3-5-9-19)23(20)18-26(25)35-2)29(33)21-10-6-11-22(16-21)30-28(32)24-12-7-15-36-24/h3-6,8-11,16-18,24,27H,7,12-15H2,1-2H3,(H,30,32). The van der Waals surface area contributed by atoms with Crippen molar-refractivity contribution in [2.24, 2.45) is 0 Å². The van der Waals surface area contributed by atoms with Crippen molar-refractivity contribution in [2.75, 3.05) is 32.7 Å². The minimum absolute atomic E-state index is 0.0995. The summed E-state index contributed by atoms with van der Waals surface area (Å²) in [4.78, 5) is 28.3. The summed E-state index contributed by atoms with van der Waals surface area (Å²) in [5, 5.41) is 2.90. The van der Waals surface area contributed by atoms with Crippen LogP contribution in [0, 0.1) is 0 Å². The number of carbonyl (C=O) groups is 2. The fraction of sp³-hybridized carbons (Fsp3) is 0.310. The predicted molar refractivity (Wildman–Crippen MR) is 137 cm³/mol. The number of amides is 2. The van der Waals surface area contributed by atoms with Crippen molar-refractivity contribution in [2.45, 2.75) is 31.4 Å². The summed E-state index contributed by atoms with van der Waals surface area (Å²) >= 11 is 0. The molecule has 0 aromatic heterocycles. The Kier molecular flexibility index (Phi) is 6.91. The second-order valence-corrected chi connectivity index (χ2v) is 9.04. The zero-order valence-corrected chi connectivity index (χ0v) is 20.5. The molecule has 36 heavy (non-hydrogen) atoms. The molecular weight excluding hydrogens is 456 g/mol. The average Bonchev–Trinajstić information content (AvgIpc) is 3.47. The van der Waals surface area contributed by atoms with Crippen molar-refractivity contribution in [1.82, 2.24) is 4.90 Å². The van der Waals surface area contributed by atoms with Gasteiger partial charge in [0.1, 0.15) is 6.10 Å². The summed E-state index contributed by atoms with van der Waals surface area (Å²) in [6, 6.07) is 20.8. The van der Waals surface area contributed by atoms with E-state index < -0.39 is 6.10 Å². The fourth-order valence-corrected chi connectivity index (χ4v) is 5.06. The minimum atomic E-state index is -0.433. The van der Waals surface area contributed by atoms with Gasteiger partial charge in [0.15, 0.2) is 11.5 Å². The van der Waals surface area contributed by atoms with Gasteiger partial charge in [-0.1, -0.05) is 36.4 Å². The molecule has 2 heterocycles. The summed E-state index contributed by atoms with van der Waals surface area (Å²) in [5.41, 5.74) is 4.26. The third kappa shape index (κ3) is 4.66. The third-order valence-corrected chi connectivity index (χ3v) is 6.85. The number of hydrogen-bond donors (Lipinski definition) is 1. The zero-order chi connectivity index (χ0) is 25.1. The number of anilines is 1. The Labute approximate surface area is 211 Å². The number of nitrogens with zero attached hydrogens (tertiary/aromatic N) is 1. The number of benzene rings is 3. The van der Waals surface area contributed by atoms with Crippen LogP contribution in [0.15, 0.2) is 66.7 Å². The Morgan fingerprint density at radius 1 is 0.972 bits per heavy atom. The number of carbonyl (C=O) groups excluding carboxylic acids is 2. The number of nitrogens with one attached hydrogen (secondary N) is 1. The molecule has 2 unspecified atom stereocenters. The van der Waals surface area contributed by atoms with Crippen molar-refractivity contribution in [3.63, 3.8) is 0 Å². The molecule has 0 aliphatic carbocycles. The van der Waals surface area contributed by atoms with Crippen LogP contribution >= 0.6 is 0 Å². The molecule has 0 spiro atoms. The quantitative estimate of drug-likeness (QED) is 0.551. The van der Waals surface area contributed by atoms with Gasteiger partial charge in [-0.2, -0.15) is 0 Å². The molecule has 186 valence electrons. The zero-order valence-electron chi connectivity index (χ0n) is 20.5. The van der Waals surface area contributed by atoms with E-state index in [1.807, 2.05) is 47.4 Å². The van der Waals surface area contributed by atoms with Crippen molar-refractivity contribution in [3.8, 4) is 11.5 Å². The van der Waals surface area contributed by atoms with E-state index in [1.54, 1.807) is 38.5 Å². The molecule has 1 saturated heterocycles. The van der Waals surface area contributed by atoms with Gasteiger partial charge < -0.3 is 24.4 Å². The smallest absolute Gasteiger partial charge is 0.254 e. The molecule has 7 nitrogen and oxygen atoms in total. The second kappa shape index (κ2) is 10.4. The largest absolute Gasteiger partial charge is 0.493 e. The van der Waals surface area contributed by atoms with Crippen LogP contribution in [0.1, 0.15) is 45.9 Å². The molecular formula is C29H30N2O5. The number of rotatable bonds is 6. The van der Waals surface area contributed by atoms with Gasteiger partial charge in [-0.05, 0) is 66.3 Å². The highest BCUT2D eigenvalue weighted by Crippen LogP contribution is 2.41. The molecule has 7 heteroatoms. The van der Waals surface area contributed by atoms with E-state index in [0.717, 1.165) is 23.1 Å². The molecule has 2 aliphatic rings. The van der Waals surface area contributed by atoms with Crippen LogP contribution in [0.5, 0.6) is 11.5 Å². The van der Waals surface area contributed by atoms with Crippen molar-refractivity contribution >= 4 is 17.5 Å². The Hall–Kier alpha value is -3.84. The molecule has 5 rings (SSSR count). The lowest BCUT2D eigenvalue weighted by Crippen LogP contribution is -2.40. The maximum atomic E-state index is 13.9. The van der Waals surface area contributed by atoms with Crippen molar-refractivity contribution in [1.29, 1.82) is 0 Å². The summed E-state index contributed by atoms with van der Waals surface area (Å²) in [6.07, 6.45) is 1.85. The third-order valence-electron chi connectivity index (χ3n) is 6.85. The molecule has 0 saturated carbocycles. The van der Waals surface area contributed by atoms with Crippen LogP contribution in [0.4, 0.5) is 5.69 Å². The Morgan fingerprint density at radius 2 is 1.75 bits per heavy atom. The lowest BCUT2D eigenvalue weighted by Gasteiger charge is -2.38. The topological polar surface area (TPSA) is 77.1 Å². The van der Waals surface area contributed by atoms with Gasteiger partial charge in [0, 0.05) is 24.4 Å². The van der Waals surface area contributed by atoms with Gasteiger partial charge >= 0.3 is 0 Å². The molecule has 2 aliphatic heterocycles. The molecule has 1 N–H and O–H groups in total. The van der Waals surface area contributed by atoms with Crippen LogP contribution < -0.4 is 14.8 Å². The number of methoxy groups -OCH3 is 2. The van der Waals surface area contributed by atoms with E-state index in [1.165, 1.54) is 0 Å². The monoisotopic (exact) mass is 486 g/mol. The maximum absolute atomic E-state index is 13.9. The maximum Gasteiger partial charge on any atom is 0.254 e. The van der Waals surface area contributed by atoms with Crippen molar-refractivity contribution in [3.05, 3.63) is 89.0 Å². The lowest BCUT2D eigenvalue weighted by molar-refractivity contribution is -0.124. The molecule has 1 fully saturated rings. The number of hydrogen-bond acceptors (Lipinski definition) is 5. The van der Waals surface area contributed by atoms with Gasteiger partial charge in [0.2, 0.25) is 0 Å². The first kappa shape index (κ1) is 23.9. The van der Waals surface area contributed by atoms with Crippen LogP contribution in [-0.4, -0.2) is 50.2 Å². The van der Waals surface area contributed by atoms with Gasteiger partial charge in [-0.15, -0.1) is 0 Å². The normalized spacial score (nSPS) is 18.9. The van der Waals surface area contributed by atoms with E-state index in [2.05, 4.69) is 5.32 Å². The van der Waals surface area contributed by atoms with Gasteiger partial charge in [0.25, 0.3) is 11.8 Å². The van der Waals surface area contributed by atoms with Crippen molar-refractivity contribution < 1.29 is 23.8 Å². The lowest BCUT2D eigenvalue weighted by atomic mass is 9.87. The van der Waals surface area contributed by atoms with Gasteiger partial charge in [-0.25, -0.2) is 0 Å². The first-order valence-electron chi connectivity index (χ1n) is 12.2. The first-order chi connectivity index (χ1) is 17.6.